The van der Waals surface area contributed by atoms with E-state index in [1.54, 1.807) is 12.3 Å². The average Bonchev–Trinajstić information content (AvgIpc) is 2.47. The van der Waals surface area contributed by atoms with Gasteiger partial charge in [0, 0.05) is 23.2 Å². The van der Waals surface area contributed by atoms with Gasteiger partial charge in [-0.1, -0.05) is 12.1 Å². The second-order valence-electron chi connectivity index (χ2n) is 4.78. The molecule has 4 nitrogen and oxygen atoms in total. The minimum absolute atomic E-state index is 0.000445. The highest BCUT2D eigenvalue weighted by Crippen LogP contribution is 2.24. The molecule has 0 aliphatic carbocycles. The van der Waals surface area contributed by atoms with Crippen LogP contribution in [-0.4, -0.2) is 15.1 Å². The first-order chi connectivity index (χ1) is 9.67. The number of H-pyrrole nitrogens is 1. The molecular weight excluding hydrogens is 252 g/mol. The topological polar surface area (TPSA) is 66.0 Å². The standard InChI is InChI=1S/C16H14N2O2/c1-10-6-14(12-3-5-16(20)17-8-12)18-15-7-11(9-19)2-4-13(10)15/h2-8,19H,9H2,1H3,(H,17,20). The molecule has 3 rings (SSSR count). The van der Waals surface area contributed by atoms with Gasteiger partial charge in [0.1, 0.15) is 0 Å². The third-order valence-corrected chi connectivity index (χ3v) is 3.34. The molecule has 1 aromatic carbocycles. The molecule has 0 fully saturated rings. The lowest BCUT2D eigenvalue weighted by atomic mass is 10.0. The Balaban J connectivity index is 2.21. The number of pyridine rings is 2. The Morgan fingerprint density at radius 2 is 2.05 bits per heavy atom. The SMILES string of the molecule is Cc1cc(-c2ccc(=O)[nH]c2)nc2cc(CO)ccc12. The maximum atomic E-state index is 11.1. The van der Waals surface area contributed by atoms with E-state index in [0.717, 1.165) is 33.3 Å². The van der Waals surface area contributed by atoms with Crippen LogP contribution < -0.4 is 5.56 Å². The van der Waals surface area contributed by atoms with E-state index in [4.69, 9.17) is 0 Å². The van der Waals surface area contributed by atoms with Crippen LogP contribution in [0, 0.1) is 6.92 Å². The molecule has 100 valence electrons. The summed E-state index contributed by atoms with van der Waals surface area (Å²) in [7, 11) is 0. The first-order valence-electron chi connectivity index (χ1n) is 6.37. The maximum absolute atomic E-state index is 11.1. The van der Waals surface area contributed by atoms with Crippen molar-refractivity contribution in [2.24, 2.45) is 0 Å². The van der Waals surface area contributed by atoms with Gasteiger partial charge in [-0.2, -0.15) is 0 Å². The predicted octanol–water partition coefficient (Wildman–Crippen LogP) is 2.39. The quantitative estimate of drug-likeness (QED) is 0.748. The van der Waals surface area contributed by atoms with E-state index in [1.807, 2.05) is 31.2 Å². The summed E-state index contributed by atoms with van der Waals surface area (Å²) in [6.45, 7) is 2.03. The number of nitrogens with zero attached hydrogens (tertiary/aromatic N) is 1. The van der Waals surface area contributed by atoms with Crippen molar-refractivity contribution in [1.82, 2.24) is 9.97 Å². The fraction of sp³-hybridized carbons (Fsp3) is 0.125. The molecule has 2 heterocycles. The Hall–Kier alpha value is -2.46. The van der Waals surface area contributed by atoms with E-state index >= 15 is 0 Å². The molecule has 20 heavy (non-hydrogen) atoms. The van der Waals surface area contributed by atoms with Crippen molar-refractivity contribution in [3.8, 4) is 11.3 Å². The van der Waals surface area contributed by atoms with Crippen molar-refractivity contribution in [2.45, 2.75) is 13.5 Å². The monoisotopic (exact) mass is 266 g/mol. The number of aliphatic hydroxyl groups is 1. The Bertz CT molecular complexity index is 817. The number of nitrogens with one attached hydrogen (secondary N) is 1. The number of hydrogen-bond donors (Lipinski definition) is 2. The van der Waals surface area contributed by atoms with Gasteiger partial charge in [0.05, 0.1) is 17.8 Å². The highest BCUT2D eigenvalue weighted by Gasteiger charge is 2.06. The molecule has 0 aliphatic rings. The molecule has 4 heteroatoms. The number of aromatic amines is 1. The summed E-state index contributed by atoms with van der Waals surface area (Å²) in [5.41, 5.74) is 4.33. The highest BCUT2D eigenvalue weighted by molar-refractivity contribution is 5.85. The average molecular weight is 266 g/mol. The predicted molar refractivity (Wildman–Crippen MR) is 78.5 cm³/mol. The van der Waals surface area contributed by atoms with Crippen LogP contribution in [0.1, 0.15) is 11.1 Å². The van der Waals surface area contributed by atoms with E-state index in [2.05, 4.69) is 9.97 Å². The van der Waals surface area contributed by atoms with Crippen molar-refractivity contribution in [3.05, 3.63) is 64.1 Å². The number of rotatable bonds is 2. The molecule has 0 spiro atoms. The Morgan fingerprint density at radius 3 is 2.75 bits per heavy atom. The van der Waals surface area contributed by atoms with Crippen LogP contribution >= 0.6 is 0 Å². The molecule has 0 atom stereocenters. The van der Waals surface area contributed by atoms with Crippen LogP contribution in [0.5, 0.6) is 0 Å². The molecule has 0 aliphatic heterocycles. The van der Waals surface area contributed by atoms with Crippen molar-refractivity contribution < 1.29 is 5.11 Å². The van der Waals surface area contributed by atoms with Crippen molar-refractivity contribution in [3.63, 3.8) is 0 Å². The normalized spacial score (nSPS) is 10.9. The number of hydrogen-bond acceptors (Lipinski definition) is 3. The summed E-state index contributed by atoms with van der Waals surface area (Å²) in [5.74, 6) is 0. The summed E-state index contributed by atoms with van der Waals surface area (Å²) < 4.78 is 0. The van der Waals surface area contributed by atoms with E-state index < -0.39 is 0 Å². The highest BCUT2D eigenvalue weighted by atomic mass is 16.3. The molecule has 2 aromatic heterocycles. The first kappa shape index (κ1) is 12.6. The number of benzene rings is 1. The zero-order chi connectivity index (χ0) is 14.1. The number of fused-ring (bicyclic) bond motifs is 1. The second-order valence-corrected chi connectivity index (χ2v) is 4.78. The minimum atomic E-state index is -0.131. The van der Waals surface area contributed by atoms with Gasteiger partial charge >= 0.3 is 0 Å². The van der Waals surface area contributed by atoms with Crippen LogP contribution in [0.15, 0.2) is 47.4 Å². The van der Waals surface area contributed by atoms with Crippen LogP contribution in [0.3, 0.4) is 0 Å². The molecule has 3 aromatic rings. The molecule has 0 amide bonds. The van der Waals surface area contributed by atoms with Crippen molar-refractivity contribution in [2.75, 3.05) is 0 Å². The van der Waals surface area contributed by atoms with Crippen LogP contribution in [0.4, 0.5) is 0 Å². The molecule has 0 saturated carbocycles. The Kier molecular flexibility index (Phi) is 3.08. The summed E-state index contributed by atoms with van der Waals surface area (Å²) in [6, 6.07) is 11.0. The van der Waals surface area contributed by atoms with Crippen molar-refractivity contribution in [1.29, 1.82) is 0 Å². The van der Waals surface area contributed by atoms with Crippen LogP contribution in [0.2, 0.25) is 0 Å². The minimum Gasteiger partial charge on any atom is -0.392 e. The lowest BCUT2D eigenvalue weighted by Gasteiger charge is -2.07. The Morgan fingerprint density at radius 1 is 1.20 bits per heavy atom. The van der Waals surface area contributed by atoms with E-state index in [1.165, 1.54) is 6.07 Å². The molecule has 2 N–H and O–H groups in total. The maximum Gasteiger partial charge on any atom is 0.247 e. The first-order valence-corrected chi connectivity index (χ1v) is 6.37. The van der Waals surface area contributed by atoms with Gasteiger partial charge in [-0.15, -0.1) is 0 Å². The molecule has 0 radical (unpaired) electrons. The summed E-state index contributed by atoms with van der Waals surface area (Å²) in [5, 5.41) is 10.3. The zero-order valence-electron chi connectivity index (χ0n) is 11.1. The van der Waals surface area contributed by atoms with Crippen molar-refractivity contribution >= 4 is 10.9 Å². The van der Waals surface area contributed by atoms with Gasteiger partial charge in [-0.3, -0.25) is 4.79 Å². The lowest BCUT2D eigenvalue weighted by molar-refractivity contribution is 0.282. The van der Waals surface area contributed by atoms with Gasteiger partial charge in [0.15, 0.2) is 0 Å². The summed E-state index contributed by atoms with van der Waals surface area (Å²) >= 11 is 0. The third-order valence-electron chi connectivity index (χ3n) is 3.34. The third kappa shape index (κ3) is 2.21. The van der Waals surface area contributed by atoms with Crippen LogP contribution in [-0.2, 0) is 6.61 Å². The number of aliphatic hydroxyl groups excluding tert-OH is 1. The molecule has 0 unspecified atom stereocenters. The van der Waals surface area contributed by atoms with E-state index in [9.17, 15) is 9.90 Å². The van der Waals surface area contributed by atoms with E-state index in [0.29, 0.717) is 0 Å². The Labute approximate surface area is 115 Å². The lowest BCUT2D eigenvalue weighted by Crippen LogP contribution is -2.02. The largest absolute Gasteiger partial charge is 0.392 e. The van der Waals surface area contributed by atoms with Gasteiger partial charge < -0.3 is 10.1 Å². The van der Waals surface area contributed by atoms with E-state index in [-0.39, 0.29) is 12.2 Å². The molecular formula is C16H14N2O2. The molecule has 0 saturated heterocycles. The zero-order valence-corrected chi connectivity index (χ0v) is 11.1. The van der Waals surface area contributed by atoms with Gasteiger partial charge in [0.25, 0.3) is 0 Å². The number of aryl methyl sites for hydroxylation is 1. The number of aromatic nitrogens is 2. The summed E-state index contributed by atoms with van der Waals surface area (Å²) in [4.78, 5) is 18.4. The summed E-state index contributed by atoms with van der Waals surface area (Å²) in [6.07, 6.45) is 1.66. The van der Waals surface area contributed by atoms with Gasteiger partial charge in [-0.25, -0.2) is 4.98 Å². The van der Waals surface area contributed by atoms with Gasteiger partial charge in [0.2, 0.25) is 5.56 Å². The van der Waals surface area contributed by atoms with Crippen LogP contribution in [0.25, 0.3) is 22.2 Å². The fourth-order valence-corrected chi connectivity index (χ4v) is 2.26. The fourth-order valence-electron chi connectivity index (χ4n) is 2.26. The second kappa shape index (κ2) is 4.90. The van der Waals surface area contributed by atoms with Gasteiger partial charge in [-0.05, 0) is 36.2 Å². The smallest absolute Gasteiger partial charge is 0.247 e. The molecule has 0 bridgehead atoms.